The normalized spacial score (nSPS) is 15.1. The van der Waals surface area contributed by atoms with Gasteiger partial charge in [-0.2, -0.15) is 0 Å². The Balaban J connectivity index is 2.55. The highest BCUT2D eigenvalue weighted by atomic mass is 32.2. The Morgan fingerprint density at radius 2 is 1.96 bits per heavy atom. The Morgan fingerprint density at radius 1 is 1.27 bits per heavy atom. The van der Waals surface area contributed by atoms with Crippen molar-refractivity contribution in [3.63, 3.8) is 0 Å². The monoisotopic (exact) mass is 376 g/mol. The van der Waals surface area contributed by atoms with E-state index >= 15 is 0 Å². The fourth-order valence-electron chi connectivity index (χ4n) is 2.02. The number of para-hydroxylation sites is 1. The molecule has 0 fully saturated rings. The minimum atomic E-state index is -1.23. The molecule has 5 nitrogen and oxygen atoms in total. The van der Waals surface area contributed by atoms with Gasteiger partial charge in [0.1, 0.15) is 12.4 Å². The van der Waals surface area contributed by atoms with E-state index in [2.05, 4.69) is 4.72 Å². The molecule has 3 N–H and O–H groups in total. The first-order valence-electron chi connectivity index (χ1n) is 8.49. The predicted octanol–water partition coefficient (Wildman–Crippen LogP) is 3.27. The summed E-state index contributed by atoms with van der Waals surface area (Å²) in [6, 6.07) is 6.65. The van der Waals surface area contributed by atoms with Gasteiger partial charge in [-0.25, -0.2) is 8.93 Å². The maximum Gasteiger partial charge on any atom is 0.252 e. The Bertz CT molecular complexity index is 724. The molecule has 142 valence electrons. The zero-order valence-corrected chi connectivity index (χ0v) is 16.6. The predicted molar refractivity (Wildman–Crippen MR) is 108 cm³/mol. The minimum absolute atomic E-state index is 0.156. The van der Waals surface area contributed by atoms with Crippen LogP contribution in [0.4, 0.5) is 0 Å². The smallest absolute Gasteiger partial charge is 0.252 e. The van der Waals surface area contributed by atoms with Crippen molar-refractivity contribution in [1.82, 2.24) is 4.72 Å². The number of hydrogen-bond acceptors (Lipinski definition) is 3. The van der Waals surface area contributed by atoms with Gasteiger partial charge in [0.05, 0.1) is 28.3 Å². The molecule has 0 aliphatic carbocycles. The largest absolute Gasteiger partial charge is 0.491 e. The van der Waals surface area contributed by atoms with Gasteiger partial charge in [-0.05, 0) is 45.4 Å². The van der Waals surface area contributed by atoms with Crippen LogP contribution >= 0.6 is 0 Å². The van der Waals surface area contributed by atoms with Crippen LogP contribution in [0.25, 0.3) is 0 Å². The second kappa shape index (κ2) is 11.4. The average molecular weight is 377 g/mol. The molecule has 1 aromatic rings. The first-order valence-corrected chi connectivity index (χ1v) is 9.81. The van der Waals surface area contributed by atoms with E-state index in [0.29, 0.717) is 17.1 Å². The molecule has 1 aromatic carbocycles. The zero-order chi connectivity index (χ0) is 19.5. The lowest BCUT2D eigenvalue weighted by atomic mass is 10.2. The van der Waals surface area contributed by atoms with Crippen molar-refractivity contribution < 1.29 is 13.7 Å². The molecule has 2 unspecified atom stereocenters. The minimum Gasteiger partial charge on any atom is -0.491 e. The Hall–Kier alpha value is -2.18. The molecule has 6 heteroatoms. The molecule has 1 rings (SSSR count). The number of benzene rings is 1. The number of nitrogens with two attached hydrogens (primary N) is 1. The molecule has 1 amide bonds. The van der Waals surface area contributed by atoms with Crippen LogP contribution in [0.5, 0.6) is 5.75 Å². The van der Waals surface area contributed by atoms with Gasteiger partial charge < -0.3 is 10.5 Å². The molecule has 2 atom stereocenters. The van der Waals surface area contributed by atoms with Gasteiger partial charge >= 0.3 is 0 Å². The molecule has 0 spiro atoms. The molecule has 0 heterocycles. The average Bonchev–Trinajstić information content (AvgIpc) is 2.63. The summed E-state index contributed by atoms with van der Waals surface area (Å²) in [4.78, 5) is 11.4. The third kappa shape index (κ3) is 7.80. The molecule has 0 aliphatic rings. The van der Waals surface area contributed by atoms with Crippen molar-refractivity contribution in [2.24, 2.45) is 5.73 Å². The lowest BCUT2D eigenvalue weighted by Gasteiger charge is -2.16. The van der Waals surface area contributed by atoms with Crippen LogP contribution in [0, 0.1) is 0 Å². The SMILES string of the molecule is C/C=C(C)/C=C\C(=C/C)CS(=O)NC(C)COc1ccccc1C(N)=O. The fraction of sp³-hybridized carbons (Fsp3) is 0.350. The Kier molecular flexibility index (Phi) is 9.62. The summed E-state index contributed by atoms with van der Waals surface area (Å²) < 4.78 is 21.0. The quantitative estimate of drug-likeness (QED) is 0.615. The van der Waals surface area contributed by atoms with Gasteiger partial charge in [0.2, 0.25) is 0 Å². The summed E-state index contributed by atoms with van der Waals surface area (Å²) in [6.07, 6.45) is 7.94. The van der Waals surface area contributed by atoms with Crippen LogP contribution < -0.4 is 15.2 Å². The topological polar surface area (TPSA) is 81.4 Å². The second-order valence-electron chi connectivity index (χ2n) is 5.91. The van der Waals surface area contributed by atoms with Crippen LogP contribution in [0.15, 0.2) is 59.7 Å². The van der Waals surface area contributed by atoms with Crippen LogP contribution in [0.2, 0.25) is 0 Å². The third-order valence-electron chi connectivity index (χ3n) is 3.66. The van der Waals surface area contributed by atoms with E-state index in [-0.39, 0.29) is 12.6 Å². The third-order valence-corrected chi connectivity index (χ3v) is 4.92. The van der Waals surface area contributed by atoms with E-state index in [1.54, 1.807) is 24.3 Å². The maximum absolute atomic E-state index is 12.3. The Labute approximate surface area is 158 Å². The van der Waals surface area contributed by atoms with Gasteiger partial charge in [-0.1, -0.05) is 42.0 Å². The highest BCUT2D eigenvalue weighted by Gasteiger charge is 2.12. The number of hydrogen-bond donors (Lipinski definition) is 2. The van der Waals surface area contributed by atoms with Crippen LogP contribution in [0.3, 0.4) is 0 Å². The number of amides is 1. The van der Waals surface area contributed by atoms with Gasteiger partial charge in [-0.15, -0.1) is 0 Å². The second-order valence-corrected chi connectivity index (χ2v) is 7.13. The van der Waals surface area contributed by atoms with Crippen molar-refractivity contribution >= 4 is 16.9 Å². The van der Waals surface area contributed by atoms with E-state index in [1.807, 2.05) is 52.0 Å². The number of allylic oxidation sites excluding steroid dienone is 5. The van der Waals surface area contributed by atoms with Crippen molar-refractivity contribution in [2.75, 3.05) is 12.4 Å². The van der Waals surface area contributed by atoms with E-state index in [4.69, 9.17) is 10.5 Å². The lowest BCUT2D eigenvalue weighted by Crippen LogP contribution is -2.34. The van der Waals surface area contributed by atoms with Gasteiger partial charge in [-0.3, -0.25) is 4.79 Å². The molecule has 0 aromatic heterocycles. The summed E-state index contributed by atoms with van der Waals surface area (Å²) in [7, 11) is -1.23. The van der Waals surface area contributed by atoms with E-state index in [9.17, 15) is 9.00 Å². The number of primary amides is 1. The molecular formula is C20H28N2O3S. The number of rotatable bonds is 10. The van der Waals surface area contributed by atoms with Gasteiger partial charge in [0.25, 0.3) is 5.91 Å². The number of nitrogens with one attached hydrogen (secondary N) is 1. The van der Waals surface area contributed by atoms with Crippen LogP contribution in [-0.4, -0.2) is 28.5 Å². The van der Waals surface area contributed by atoms with Crippen LogP contribution in [-0.2, 0) is 11.0 Å². The van der Waals surface area contributed by atoms with Gasteiger partial charge in [0.15, 0.2) is 0 Å². The van der Waals surface area contributed by atoms with Crippen molar-refractivity contribution in [1.29, 1.82) is 0 Å². The summed E-state index contributed by atoms with van der Waals surface area (Å²) in [5, 5.41) is 0. The lowest BCUT2D eigenvalue weighted by molar-refractivity contribution is 0.0996. The number of carbonyl (C=O) groups is 1. The molecule has 0 aliphatic heterocycles. The molecule has 26 heavy (non-hydrogen) atoms. The standard InChI is InChI=1S/C20H28N2O3S/c1-5-15(3)11-12-17(6-2)14-26(24)22-16(4)13-25-19-10-8-7-9-18(19)20(21)23/h5-12,16,22H,13-14H2,1-4H3,(H2,21,23)/b12-11-,15-5+,17-6+. The first-order chi connectivity index (χ1) is 12.4. The first kappa shape index (κ1) is 21.9. The molecule has 0 bridgehead atoms. The molecule has 0 radical (unpaired) electrons. The highest BCUT2D eigenvalue weighted by molar-refractivity contribution is 7.83. The summed E-state index contributed by atoms with van der Waals surface area (Å²) in [6.45, 7) is 8.07. The zero-order valence-electron chi connectivity index (χ0n) is 15.8. The van der Waals surface area contributed by atoms with Crippen molar-refractivity contribution in [3.05, 3.63) is 65.3 Å². The number of ether oxygens (including phenoxy) is 1. The summed E-state index contributed by atoms with van der Waals surface area (Å²) in [5.41, 5.74) is 7.81. The summed E-state index contributed by atoms with van der Waals surface area (Å²) in [5.74, 6) is 0.302. The highest BCUT2D eigenvalue weighted by Crippen LogP contribution is 2.17. The van der Waals surface area contributed by atoms with E-state index in [1.165, 1.54) is 0 Å². The Morgan fingerprint density at radius 3 is 2.58 bits per heavy atom. The molecule has 0 saturated carbocycles. The van der Waals surface area contributed by atoms with Crippen molar-refractivity contribution in [3.8, 4) is 5.75 Å². The number of carbonyl (C=O) groups excluding carboxylic acids is 1. The summed E-state index contributed by atoms with van der Waals surface area (Å²) >= 11 is 0. The molecule has 0 saturated heterocycles. The van der Waals surface area contributed by atoms with Crippen molar-refractivity contribution in [2.45, 2.75) is 33.7 Å². The van der Waals surface area contributed by atoms with Gasteiger partial charge in [0, 0.05) is 0 Å². The molecular weight excluding hydrogens is 348 g/mol. The van der Waals surface area contributed by atoms with E-state index in [0.717, 1.165) is 11.1 Å². The fourth-order valence-corrected chi connectivity index (χ4v) is 3.19. The maximum atomic E-state index is 12.3. The van der Waals surface area contributed by atoms with Crippen LogP contribution in [0.1, 0.15) is 38.1 Å². The van der Waals surface area contributed by atoms with E-state index < -0.39 is 16.9 Å².